The Bertz CT molecular complexity index is 625. The highest BCUT2D eigenvalue weighted by atomic mass is 35.5. The number of benzene rings is 1. The van der Waals surface area contributed by atoms with Gasteiger partial charge in [0.05, 0.1) is 11.1 Å². The molecule has 0 saturated heterocycles. The zero-order valence-electron chi connectivity index (χ0n) is 12.6. The van der Waals surface area contributed by atoms with E-state index < -0.39 is 23.5 Å². The van der Waals surface area contributed by atoms with Crippen molar-refractivity contribution in [3.05, 3.63) is 34.9 Å². The normalized spacial score (nSPS) is 15.9. The van der Waals surface area contributed by atoms with Gasteiger partial charge in [0.2, 0.25) is 0 Å². The molecule has 1 aliphatic rings. The largest absolute Gasteiger partial charge is 0.416 e. The number of oxime groups is 1. The number of halogens is 7. The molecule has 0 aromatic heterocycles. The van der Waals surface area contributed by atoms with Crippen LogP contribution < -0.4 is 0 Å². The van der Waals surface area contributed by atoms with Crippen LogP contribution in [0.2, 0.25) is 0 Å². The molecule has 0 saturated carbocycles. The van der Waals surface area contributed by atoms with E-state index in [4.69, 9.17) is 5.21 Å². The number of hydrogen-bond acceptors (Lipinski definition) is 4. The second kappa shape index (κ2) is 7.94. The molecule has 4 nitrogen and oxygen atoms in total. The first-order chi connectivity index (χ1) is 11.1. The van der Waals surface area contributed by atoms with E-state index in [1.54, 1.807) is 0 Å². The van der Waals surface area contributed by atoms with Gasteiger partial charge in [-0.15, -0.1) is 12.4 Å². The Morgan fingerprint density at radius 1 is 1.08 bits per heavy atom. The van der Waals surface area contributed by atoms with Crippen molar-refractivity contribution < 1.29 is 31.5 Å². The van der Waals surface area contributed by atoms with Crippen LogP contribution in [0.1, 0.15) is 23.1 Å². The van der Waals surface area contributed by atoms with Gasteiger partial charge in [0.1, 0.15) is 12.1 Å². The summed E-state index contributed by atoms with van der Waals surface area (Å²) < 4.78 is 77.1. The molecule has 11 heteroatoms. The highest BCUT2D eigenvalue weighted by molar-refractivity contribution is 6.29. The number of hydrogen-bond donors (Lipinski definition) is 1. The number of nitrogens with zero attached hydrogens (tertiary/aromatic N) is 3. The van der Waals surface area contributed by atoms with Crippen LogP contribution >= 0.6 is 12.4 Å². The van der Waals surface area contributed by atoms with Crippen molar-refractivity contribution in [2.75, 3.05) is 13.1 Å². The van der Waals surface area contributed by atoms with Gasteiger partial charge >= 0.3 is 12.4 Å². The van der Waals surface area contributed by atoms with Crippen molar-refractivity contribution in [3.63, 3.8) is 0 Å². The Balaban J connectivity index is 0.00000312. The SMILES string of the molecule is Cl.O/N=C/C1=NCCCN1Cc1cc(C(F)(F)F)cc(C(F)(F)F)c1. The van der Waals surface area contributed by atoms with E-state index in [9.17, 15) is 26.3 Å². The minimum Gasteiger partial charge on any atom is -0.411 e. The third-order valence-electron chi connectivity index (χ3n) is 3.38. The molecule has 0 spiro atoms. The Morgan fingerprint density at radius 3 is 2.12 bits per heavy atom. The second-order valence-corrected chi connectivity index (χ2v) is 5.17. The molecular formula is C14H14ClF6N3O. The zero-order chi connectivity index (χ0) is 18.0. The average Bonchev–Trinajstić information content (AvgIpc) is 2.47. The van der Waals surface area contributed by atoms with Crippen molar-refractivity contribution >= 4 is 24.5 Å². The maximum Gasteiger partial charge on any atom is 0.416 e. The molecule has 0 radical (unpaired) electrons. The van der Waals surface area contributed by atoms with E-state index in [2.05, 4.69) is 10.1 Å². The van der Waals surface area contributed by atoms with Crippen LogP contribution in [0.15, 0.2) is 28.3 Å². The maximum atomic E-state index is 12.9. The summed E-state index contributed by atoms with van der Waals surface area (Å²) in [5.74, 6) is 0.203. The predicted molar refractivity (Wildman–Crippen MR) is 81.3 cm³/mol. The summed E-state index contributed by atoms with van der Waals surface area (Å²) in [4.78, 5) is 5.49. The predicted octanol–water partition coefficient (Wildman–Crippen LogP) is 4.21. The molecule has 1 aromatic rings. The van der Waals surface area contributed by atoms with Crippen LogP contribution in [0, 0.1) is 0 Å². The van der Waals surface area contributed by atoms with Gasteiger partial charge in [-0.05, 0) is 30.2 Å². The number of aliphatic imine (C=N–C) groups is 1. The van der Waals surface area contributed by atoms with Crippen LogP contribution in [-0.2, 0) is 18.9 Å². The third kappa shape index (κ3) is 5.52. The van der Waals surface area contributed by atoms with E-state index in [-0.39, 0.29) is 36.4 Å². The van der Waals surface area contributed by atoms with Gasteiger partial charge in [0, 0.05) is 19.6 Å². The molecular weight excluding hydrogens is 376 g/mol. The zero-order valence-corrected chi connectivity index (χ0v) is 13.4. The summed E-state index contributed by atoms with van der Waals surface area (Å²) in [5, 5.41) is 11.4. The molecule has 0 bridgehead atoms. The lowest BCUT2D eigenvalue weighted by molar-refractivity contribution is -0.143. The molecule has 1 aliphatic heterocycles. The first-order valence-corrected chi connectivity index (χ1v) is 6.86. The van der Waals surface area contributed by atoms with Gasteiger partial charge in [-0.3, -0.25) is 4.99 Å². The number of rotatable bonds is 3. The summed E-state index contributed by atoms with van der Waals surface area (Å²) in [5.41, 5.74) is -2.88. The molecule has 1 aromatic carbocycles. The van der Waals surface area contributed by atoms with Gasteiger partial charge in [-0.25, -0.2) is 0 Å². The van der Waals surface area contributed by atoms with Crippen molar-refractivity contribution in [1.82, 2.24) is 4.90 Å². The van der Waals surface area contributed by atoms with Crippen LogP contribution in [-0.4, -0.2) is 35.2 Å². The van der Waals surface area contributed by atoms with E-state index in [0.29, 0.717) is 31.6 Å². The van der Waals surface area contributed by atoms with Gasteiger partial charge in [0.25, 0.3) is 0 Å². The van der Waals surface area contributed by atoms with E-state index in [0.717, 1.165) is 6.21 Å². The van der Waals surface area contributed by atoms with Crippen LogP contribution in [0.25, 0.3) is 0 Å². The number of alkyl halides is 6. The Labute approximate surface area is 145 Å². The van der Waals surface area contributed by atoms with Crippen LogP contribution in [0.5, 0.6) is 0 Å². The smallest absolute Gasteiger partial charge is 0.411 e. The molecule has 0 aliphatic carbocycles. The maximum absolute atomic E-state index is 12.9. The Kier molecular flexibility index (Phi) is 6.69. The third-order valence-corrected chi connectivity index (χ3v) is 3.38. The second-order valence-electron chi connectivity index (χ2n) is 5.17. The van der Waals surface area contributed by atoms with E-state index in [1.807, 2.05) is 0 Å². The lowest BCUT2D eigenvalue weighted by atomic mass is 10.0. The van der Waals surface area contributed by atoms with Crippen molar-refractivity contribution in [1.29, 1.82) is 0 Å². The summed E-state index contributed by atoms with van der Waals surface area (Å²) >= 11 is 0. The topological polar surface area (TPSA) is 48.2 Å². The van der Waals surface area contributed by atoms with E-state index >= 15 is 0 Å². The standard InChI is InChI=1S/C14H13F6N3O.ClH/c15-13(16,17)10-4-9(5-11(6-10)14(18,19)20)8-23-3-1-2-21-12(23)7-22-24;/h4-7,24H,1-3,8H2;1H/b22-7+;. The lowest BCUT2D eigenvalue weighted by Gasteiger charge is -2.27. The molecule has 0 fully saturated rings. The van der Waals surface area contributed by atoms with Crippen molar-refractivity contribution in [3.8, 4) is 0 Å². The van der Waals surface area contributed by atoms with Gasteiger partial charge in [-0.1, -0.05) is 5.16 Å². The fourth-order valence-corrected chi connectivity index (χ4v) is 2.33. The first kappa shape index (κ1) is 21.1. The summed E-state index contributed by atoms with van der Waals surface area (Å²) in [6.45, 7) is 0.606. The highest BCUT2D eigenvalue weighted by Gasteiger charge is 2.37. The minimum absolute atomic E-state index is 0. The monoisotopic (exact) mass is 389 g/mol. The lowest BCUT2D eigenvalue weighted by Crippen LogP contribution is -2.36. The summed E-state index contributed by atoms with van der Waals surface area (Å²) in [6, 6.07) is 1.44. The summed E-state index contributed by atoms with van der Waals surface area (Å²) in [6.07, 6.45) is -8.19. The Morgan fingerprint density at radius 2 is 1.64 bits per heavy atom. The molecule has 0 atom stereocenters. The molecule has 1 N–H and O–H groups in total. The van der Waals surface area contributed by atoms with Crippen molar-refractivity contribution in [2.45, 2.75) is 25.3 Å². The number of amidine groups is 1. The minimum atomic E-state index is -4.89. The molecule has 0 amide bonds. The van der Waals surface area contributed by atoms with E-state index in [1.165, 1.54) is 4.90 Å². The molecule has 25 heavy (non-hydrogen) atoms. The first-order valence-electron chi connectivity index (χ1n) is 6.86. The van der Waals surface area contributed by atoms with Crippen LogP contribution in [0.4, 0.5) is 26.3 Å². The Hall–Kier alpha value is -1.97. The fraction of sp³-hybridized carbons (Fsp3) is 0.429. The van der Waals surface area contributed by atoms with Gasteiger partial charge in [-0.2, -0.15) is 26.3 Å². The van der Waals surface area contributed by atoms with Gasteiger partial charge in [0.15, 0.2) is 0 Å². The highest BCUT2D eigenvalue weighted by Crippen LogP contribution is 2.36. The summed E-state index contributed by atoms with van der Waals surface area (Å²) in [7, 11) is 0. The van der Waals surface area contributed by atoms with Crippen molar-refractivity contribution in [2.24, 2.45) is 10.1 Å². The average molecular weight is 390 g/mol. The fourth-order valence-electron chi connectivity index (χ4n) is 2.33. The molecule has 0 unspecified atom stereocenters. The van der Waals surface area contributed by atoms with Crippen LogP contribution in [0.3, 0.4) is 0 Å². The van der Waals surface area contributed by atoms with Gasteiger partial charge < -0.3 is 10.1 Å². The quantitative estimate of drug-likeness (QED) is 0.364. The molecule has 140 valence electrons. The molecule has 2 rings (SSSR count). The molecule has 1 heterocycles.